The molecule has 0 fully saturated rings. The highest BCUT2D eigenvalue weighted by Gasteiger charge is 2.06. The van der Waals surface area contributed by atoms with Gasteiger partial charge >= 0.3 is 0 Å². The summed E-state index contributed by atoms with van der Waals surface area (Å²) in [6.07, 6.45) is 1.67. The second kappa shape index (κ2) is 5.31. The van der Waals surface area contributed by atoms with Crippen LogP contribution in [0.3, 0.4) is 0 Å². The topological polar surface area (TPSA) is 29.4 Å². The third-order valence-corrected chi connectivity index (χ3v) is 4.00. The van der Waals surface area contributed by atoms with Crippen LogP contribution in [-0.4, -0.2) is 6.08 Å². The molecule has 0 saturated carbocycles. The average molecular weight is 229 g/mol. The third-order valence-electron chi connectivity index (χ3n) is 2.14. The Kier molecular flexibility index (Phi) is 3.54. The maximum atomic E-state index is 10.5. The van der Waals surface area contributed by atoms with Crippen molar-refractivity contribution in [3.8, 4) is 0 Å². The maximum absolute atomic E-state index is 10.5. The van der Waals surface area contributed by atoms with Crippen LogP contribution in [0.2, 0.25) is 0 Å². The minimum Gasteiger partial charge on any atom is -0.210 e. The van der Waals surface area contributed by atoms with Crippen molar-refractivity contribution in [2.45, 2.75) is 9.79 Å². The third kappa shape index (κ3) is 2.40. The van der Waals surface area contributed by atoms with E-state index in [9.17, 15) is 4.79 Å². The van der Waals surface area contributed by atoms with Crippen LogP contribution in [0, 0.1) is 0 Å². The summed E-state index contributed by atoms with van der Waals surface area (Å²) in [5.41, 5.74) is 0. The molecule has 2 rings (SSSR count). The lowest BCUT2D eigenvalue weighted by molar-refractivity contribution is 0.566. The van der Waals surface area contributed by atoms with E-state index in [1.165, 1.54) is 0 Å². The lowest BCUT2D eigenvalue weighted by Gasteiger charge is -2.15. The van der Waals surface area contributed by atoms with Crippen molar-refractivity contribution < 1.29 is 4.79 Å². The summed E-state index contributed by atoms with van der Waals surface area (Å²) in [5, 5.41) is 0. The standard InChI is InChI=1S/C13H11NOS/c15-11-14-16(12-7-3-1-4-8-12)13-9-5-2-6-10-13/h1-10,16H. The monoisotopic (exact) mass is 229 g/mol. The normalized spacial score (nSPS) is 10.4. The predicted molar refractivity (Wildman–Crippen MR) is 66.5 cm³/mol. The minimum absolute atomic E-state index is 0.950. The Hall–Kier alpha value is -1.83. The number of rotatable bonds is 3. The molecule has 0 atom stereocenters. The first-order valence-corrected chi connectivity index (χ1v) is 6.19. The zero-order valence-electron chi connectivity index (χ0n) is 8.58. The van der Waals surface area contributed by atoms with Crippen molar-refractivity contribution in [3.63, 3.8) is 0 Å². The maximum Gasteiger partial charge on any atom is 0.246 e. The lowest BCUT2D eigenvalue weighted by atomic mass is 10.4. The SMILES string of the molecule is O=C=N[SH](c1ccccc1)c1ccccc1. The Bertz CT molecular complexity index is 452. The molecule has 0 heterocycles. The molecule has 0 aliphatic heterocycles. The second-order valence-electron chi connectivity index (χ2n) is 3.17. The highest BCUT2D eigenvalue weighted by Crippen LogP contribution is 2.44. The molecule has 80 valence electrons. The number of nitrogens with zero attached hydrogens (tertiary/aromatic N) is 1. The molecule has 0 aliphatic carbocycles. The fourth-order valence-electron chi connectivity index (χ4n) is 1.44. The highest BCUT2D eigenvalue weighted by molar-refractivity contribution is 8.16. The number of carbonyl (C=O) groups excluding carboxylic acids is 1. The van der Waals surface area contributed by atoms with Crippen molar-refractivity contribution in [2.24, 2.45) is 4.40 Å². The zero-order chi connectivity index (χ0) is 11.2. The Labute approximate surface area is 97.1 Å². The van der Waals surface area contributed by atoms with Crippen LogP contribution in [0.15, 0.2) is 74.9 Å². The quantitative estimate of drug-likeness (QED) is 0.488. The van der Waals surface area contributed by atoms with E-state index < -0.39 is 11.1 Å². The van der Waals surface area contributed by atoms with Crippen LogP contribution < -0.4 is 0 Å². The molecular weight excluding hydrogens is 218 g/mol. The minimum atomic E-state index is -0.950. The van der Waals surface area contributed by atoms with E-state index in [0.29, 0.717) is 0 Å². The average Bonchev–Trinajstić information content (AvgIpc) is 2.38. The predicted octanol–water partition coefficient (Wildman–Crippen LogP) is 3.36. The summed E-state index contributed by atoms with van der Waals surface area (Å²) in [6, 6.07) is 19.7. The lowest BCUT2D eigenvalue weighted by Crippen LogP contribution is -1.81. The van der Waals surface area contributed by atoms with E-state index in [-0.39, 0.29) is 0 Å². The molecule has 3 heteroatoms. The molecule has 2 nitrogen and oxygen atoms in total. The molecule has 0 unspecified atom stereocenters. The second-order valence-corrected chi connectivity index (χ2v) is 5.03. The van der Waals surface area contributed by atoms with Gasteiger partial charge in [-0.1, -0.05) is 47.5 Å². The molecule has 2 aromatic carbocycles. The van der Waals surface area contributed by atoms with Gasteiger partial charge in [-0.15, -0.1) is 4.40 Å². The van der Waals surface area contributed by atoms with Crippen molar-refractivity contribution >= 4 is 17.2 Å². The van der Waals surface area contributed by atoms with E-state index in [1.54, 1.807) is 6.08 Å². The molecule has 0 aromatic heterocycles. The van der Waals surface area contributed by atoms with E-state index in [4.69, 9.17) is 0 Å². The molecule has 16 heavy (non-hydrogen) atoms. The van der Waals surface area contributed by atoms with Crippen LogP contribution in [-0.2, 0) is 4.79 Å². The van der Waals surface area contributed by atoms with Gasteiger partial charge < -0.3 is 0 Å². The Morgan fingerprint density at radius 2 is 1.25 bits per heavy atom. The summed E-state index contributed by atoms with van der Waals surface area (Å²) in [4.78, 5) is 12.6. The number of isocyanates is 1. The van der Waals surface area contributed by atoms with E-state index >= 15 is 0 Å². The molecule has 0 amide bonds. The summed E-state index contributed by atoms with van der Waals surface area (Å²) in [5.74, 6) is 0. The Balaban J connectivity index is 2.43. The summed E-state index contributed by atoms with van der Waals surface area (Å²) in [7, 11) is 0. The van der Waals surface area contributed by atoms with Crippen molar-refractivity contribution in [1.82, 2.24) is 0 Å². The smallest absolute Gasteiger partial charge is 0.210 e. The van der Waals surface area contributed by atoms with Crippen LogP contribution in [0.4, 0.5) is 0 Å². The van der Waals surface area contributed by atoms with Gasteiger partial charge in [0.1, 0.15) is 0 Å². The van der Waals surface area contributed by atoms with E-state index in [0.717, 1.165) is 9.79 Å². The Morgan fingerprint density at radius 3 is 1.62 bits per heavy atom. The number of hydrogen-bond acceptors (Lipinski definition) is 2. The molecule has 0 aliphatic rings. The number of benzene rings is 2. The zero-order valence-corrected chi connectivity index (χ0v) is 9.47. The molecular formula is C13H11NOS. The first-order valence-electron chi connectivity index (χ1n) is 4.90. The fourth-order valence-corrected chi connectivity index (χ4v) is 2.96. The number of thiol groups is 1. The molecule has 0 N–H and O–H groups in total. The Morgan fingerprint density at radius 1 is 0.812 bits per heavy atom. The van der Waals surface area contributed by atoms with Crippen molar-refractivity contribution in [1.29, 1.82) is 0 Å². The van der Waals surface area contributed by atoms with Gasteiger partial charge in [0, 0.05) is 9.79 Å². The van der Waals surface area contributed by atoms with Crippen LogP contribution in [0.1, 0.15) is 0 Å². The fraction of sp³-hybridized carbons (Fsp3) is 0. The van der Waals surface area contributed by atoms with E-state index in [2.05, 4.69) is 4.40 Å². The van der Waals surface area contributed by atoms with Gasteiger partial charge in [-0.25, -0.2) is 4.79 Å². The van der Waals surface area contributed by atoms with Crippen LogP contribution in [0.5, 0.6) is 0 Å². The van der Waals surface area contributed by atoms with Gasteiger partial charge in [-0.3, -0.25) is 0 Å². The molecule has 0 radical (unpaired) electrons. The van der Waals surface area contributed by atoms with Gasteiger partial charge in [-0.05, 0) is 24.3 Å². The largest absolute Gasteiger partial charge is 0.246 e. The molecule has 0 saturated heterocycles. The summed E-state index contributed by atoms with van der Waals surface area (Å²) < 4.78 is 3.92. The van der Waals surface area contributed by atoms with Gasteiger partial charge in [-0.2, -0.15) is 0 Å². The highest BCUT2D eigenvalue weighted by atomic mass is 32.2. The molecule has 2 aromatic rings. The van der Waals surface area contributed by atoms with Gasteiger partial charge in [0.2, 0.25) is 6.08 Å². The number of hydrogen-bond donors (Lipinski definition) is 1. The van der Waals surface area contributed by atoms with E-state index in [1.807, 2.05) is 60.7 Å². The summed E-state index contributed by atoms with van der Waals surface area (Å²) >= 11 is -0.950. The first kappa shape index (κ1) is 10.7. The first-order chi connectivity index (χ1) is 7.92. The van der Waals surface area contributed by atoms with Gasteiger partial charge in [0.25, 0.3) is 0 Å². The van der Waals surface area contributed by atoms with Gasteiger partial charge in [0.15, 0.2) is 0 Å². The van der Waals surface area contributed by atoms with Crippen LogP contribution >= 0.6 is 11.1 Å². The molecule has 0 bridgehead atoms. The van der Waals surface area contributed by atoms with Gasteiger partial charge in [0.05, 0.1) is 0 Å². The van der Waals surface area contributed by atoms with Crippen LogP contribution in [0.25, 0.3) is 0 Å². The molecule has 0 spiro atoms. The summed E-state index contributed by atoms with van der Waals surface area (Å²) in [6.45, 7) is 0. The van der Waals surface area contributed by atoms with Crippen molar-refractivity contribution in [2.75, 3.05) is 0 Å². The van der Waals surface area contributed by atoms with Crippen molar-refractivity contribution in [3.05, 3.63) is 60.7 Å².